The van der Waals surface area contributed by atoms with Crippen molar-refractivity contribution >= 4 is 57.4 Å². The largest absolute Gasteiger partial charge is 0.478 e. The van der Waals surface area contributed by atoms with Gasteiger partial charge in [0.15, 0.2) is 0 Å². The van der Waals surface area contributed by atoms with Crippen molar-refractivity contribution in [2.45, 2.75) is 0 Å². The average molecular weight is 446 g/mol. The lowest BCUT2D eigenvalue weighted by molar-refractivity contribution is 0.0303. The van der Waals surface area contributed by atoms with Crippen LogP contribution in [-0.4, -0.2) is 53.2 Å². The van der Waals surface area contributed by atoms with E-state index in [-0.39, 0.29) is 11.5 Å². The second kappa shape index (κ2) is 8.47. The van der Waals surface area contributed by atoms with Gasteiger partial charge in [0.2, 0.25) is 0 Å². The monoisotopic (exact) mass is 445 g/mol. The maximum absolute atomic E-state index is 13.2. The number of fused-ring (bicyclic) bond motifs is 1. The fraction of sp³-hybridized carbons (Fsp3) is 0.190. The topological polar surface area (TPSA) is 91.8 Å². The lowest BCUT2D eigenvalue weighted by atomic mass is 10.1. The lowest BCUT2D eigenvalue weighted by Gasteiger charge is -2.28. The van der Waals surface area contributed by atoms with Crippen molar-refractivity contribution in [3.8, 4) is 0 Å². The Balaban J connectivity index is 1.87. The first-order valence-electron chi connectivity index (χ1n) is 9.19. The summed E-state index contributed by atoms with van der Waals surface area (Å²) in [6.07, 6.45) is 1.49. The second-order valence-electron chi connectivity index (χ2n) is 6.73. The SMILES string of the molecule is O=C(O)c1cc(Cl)ccc1Nc1c(C(=O)N2CCOCC2)cnc2ccc(Cl)cc12. The number of hydrogen-bond acceptors (Lipinski definition) is 5. The number of carbonyl (C=O) groups excluding carboxylic acids is 1. The van der Waals surface area contributed by atoms with Crippen molar-refractivity contribution in [1.82, 2.24) is 9.88 Å². The number of aromatic nitrogens is 1. The van der Waals surface area contributed by atoms with Crippen LogP contribution >= 0.6 is 23.2 Å². The molecule has 0 bridgehead atoms. The van der Waals surface area contributed by atoms with Gasteiger partial charge < -0.3 is 20.1 Å². The highest BCUT2D eigenvalue weighted by molar-refractivity contribution is 6.32. The number of anilines is 2. The Morgan fingerprint density at radius 3 is 2.47 bits per heavy atom. The van der Waals surface area contributed by atoms with Crippen molar-refractivity contribution < 1.29 is 19.4 Å². The molecular weight excluding hydrogens is 429 g/mol. The summed E-state index contributed by atoms with van der Waals surface area (Å²) >= 11 is 12.2. The molecule has 30 heavy (non-hydrogen) atoms. The molecule has 7 nitrogen and oxygen atoms in total. The number of hydrogen-bond donors (Lipinski definition) is 2. The number of carboxylic acid groups (broad SMARTS) is 1. The molecule has 0 radical (unpaired) electrons. The van der Waals surface area contributed by atoms with Gasteiger partial charge in [0.25, 0.3) is 5.91 Å². The third-order valence-corrected chi connectivity index (χ3v) is 5.30. The zero-order chi connectivity index (χ0) is 21.3. The van der Waals surface area contributed by atoms with Crippen LogP contribution in [0.2, 0.25) is 10.0 Å². The number of carbonyl (C=O) groups is 2. The number of morpholine rings is 1. The Morgan fingerprint density at radius 1 is 1.03 bits per heavy atom. The molecule has 1 aliphatic heterocycles. The molecule has 1 amide bonds. The summed E-state index contributed by atoms with van der Waals surface area (Å²) in [6, 6.07) is 9.63. The van der Waals surface area contributed by atoms with Crippen LogP contribution in [0.3, 0.4) is 0 Å². The van der Waals surface area contributed by atoms with Crippen LogP contribution in [0.15, 0.2) is 42.6 Å². The smallest absolute Gasteiger partial charge is 0.337 e. The quantitative estimate of drug-likeness (QED) is 0.615. The van der Waals surface area contributed by atoms with E-state index in [1.165, 1.54) is 12.3 Å². The standard InChI is InChI=1S/C21H17Cl2N3O4/c22-12-1-3-17-14(9-12)19(25-18-4-2-13(23)10-15(18)21(28)29)16(11-24-17)20(27)26-5-7-30-8-6-26/h1-4,9-11H,5-8H2,(H,24,25)(H,28,29). The summed E-state index contributed by atoms with van der Waals surface area (Å²) in [5.41, 5.74) is 1.66. The van der Waals surface area contributed by atoms with Gasteiger partial charge in [-0.2, -0.15) is 0 Å². The molecule has 2 N–H and O–H groups in total. The van der Waals surface area contributed by atoms with E-state index in [0.717, 1.165) is 0 Å². The number of ether oxygens (including phenoxy) is 1. The Morgan fingerprint density at radius 2 is 1.73 bits per heavy atom. The number of nitrogens with zero attached hydrogens (tertiary/aromatic N) is 2. The number of amides is 1. The zero-order valence-corrected chi connectivity index (χ0v) is 17.2. The van der Waals surface area contributed by atoms with E-state index in [0.29, 0.717) is 64.2 Å². The Labute approximate surface area is 182 Å². The van der Waals surface area contributed by atoms with E-state index in [4.69, 9.17) is 27.9 Å². The number of pyridine rings is 1. The molecule has 0 spiro atoms. The molecule has 1 aromatic heterocycles. The highest BCUT2D eigenvalue weighted by atomic mass is 35.5. The van der Waals surface area contributed by atoms with Gasteiger partial charge in [-0.1, -0.05) is 23.2 Å². The van der Waals surface area contributed by atoms with Gasteiger partial charge >= 0.3 is 5.97 Å². The summed E-state index contributed by atoms with van der Waals surface area (Å²) in [4.78, 5) is 31.0. The van der Waals surface area contributed by atoms with Gasteiger partial charge in [-0.15, -0.1) is 0 Å². The summed E-state index contributed by atoms with van der Waals surface area (Å²) in [6.45, 7) is 1.85. The minimum absolute atomic E-state index is 0.0146. The van der Waals surface area contributed by atoms with Crippen molar-refractivity contribution in [2.24, 2.45) is 0 Å². The fourth-order valence-corrected chi connectivity index (χ4v) is 3.68. The van der Waals surface area contributed by atoms with Crippen molar-refractivity contribution in [3.63, 3.8) is 0 Å². The van der Waals surface area contributed by atoms with Gasteiger partial charge in [-0.05, 0) is 36.4 Å². The van der Waals surface area contributed by atoms with Gasteiger partial charge in [0.05, 0.1) is 41.2 Å². The van der Waals surface area contributed by atoms with E-state index in [9.17, 15) is 14.7 Å². The maximum Gasteiger partial charge on any atom is 0.337 e. The lowest BCUT2D eigenvalue weighted by Crippen LogP contribution is -2.41. The predicted molar refractivity (Wildman–Crippen MR) is 115 cm³/mol. The number of benzene rings is 2. The van der Waals surface area contributed by atoms with Gasteiger partial charge in [-0.25, -0.2) is 4.79 Å². The number of halogens is 2. The molecule has 154 valence electrons. The second-order valence-corrected chi connectivity index (χ2v) is 7.61. The van der Waals surface area contributed by atoms with E-state index < -0.39 is 5.97 Å². The van der Waals surface area contributed by atoms with Crippen molar-refractivity contribution in [2.75, 3.05) is 31.6 Å². The summed E-state index contributed by atoms with van der Waals surface area (Å²) in [5.74, 6) is -1.36. The van der Waals surface area contributed by atoms with Crippen LogP contribution in [0.25, 0.3) is 10.9 Å². The Bertz CT molecular complexity index is 1150. The van der Waals surface area contributed by atoms with Crippen LogP contribution in [0.5, 0.6) is 0 Å². The van der Waals surface area contributed by atoms with Gasteiger partial charge in [0.1, 0.15) is 0 Å². The molecule has 9 heteroatoms. The number of aromatic carboxylic acids is 1. The molecule has 2 heterocycles. The van der Waals surface area contributed by atoms with E-state index in [1.807, 2.05) is 0 Å². The first-order valence-corrected chi connectivity index (χ1v) is 9.95. The maximum atomic E-state index is 13.2. The first kappa shape index (κ1) is 20.4. The van der Waals surface area contributed by atoms with E-state index >= 15 is 0 Å². The van der Waals surface area contributed by atoms with Gasteiger partial charge in [0, 0.05) is 34.7 Å². The number of nitrogens with one attached hydrogen (secondary N) is 1. The molecule has 1 fully saturated rings. The molecule has 0 atom stereocenters. The summed E-state index contributed by atoms with van der Waals surface area (Å²) < 4.78 is 5.33. The van der Waals surface area contributed by atoms with E-state index in [1.54, 1.807) is 35.2 Å². The summed E-state index contributed by atoms with van der Waals surface area (Å²) in [7, 11) is 0. The van der Waals surface area contributed by atoms with Crippen LogP contribution in [0.4, 0.5) is 11.4 Å². The molecule has 0 unspecified atom stereocenters. The number of rotatable bonds is 4. The van der Waals surface area contributed by atoms with Crippen LogP contribution in [0.1, 0.15) is 20.7 Å². The molecule has 1 aliphatic rings. The fourth-order valence-electron chi connectivity index (χ4n) is 3.34. The summed E-state index contributed by atoms with van der Waals surface area (Å²) in [5, 5.41) is 14.1. The average Bonchev–Trinajstić information content (AvgIpc) is 2.75. The highest BCUT2D eigenvalue weighted by Gasteiger charge is 2.24. The normalized spacial score (nSPS) is 14.0. The Hall–Kier alpha value is -2.87. The predicted octanol–water partition coefficient (Wildman–Crippen LogP) is 4.46. The molecule has 0 aliphatic carbocycles. The van der Waals surface area contributed by atoms with Gasteiger partial charge in [-0.3, -0.25) is 9.78 Å². The molecule has 4 rings (SSSR count). The minimum Gasteiger partial charge on any atom is -0.478 e. The van der Waals surface area contributed by atoms with Crippen LogP contribution in [0, 0.1) is 0 Å². The third-order valence-electron chi connectivity index (χ3n) is 4.83. The van der Waals surface area contributed by atoms with Crippen molar-refractivity contribution in [3.05, 3.63) is 63.8 Å². The molecule has 3 aromatic rings. The molecule has 2 aromatic carbocycles. The Kier molecular flexibility index (Phi) is 5.76. The van der Waals surface area contributed by atoms with Crippen LogP contribution in [-0.2, 0) is 4.74 Å². The number of carboxylic acids is 1. The minimum atomic E-state index is -1.14. The molecule has 1 saturated heterocycles. The molecule has 0 saturated carbocycles. The first-order chi connectivity index (χ1) is 14.4. The molecular formula is C21H17Cl2N3O4. The third kappa shape index (κ3) is 4.05. The van der Waals surface area contributed by atoms with Crippen LogP contribution < -0.4 is 5.32 Å². The highest BCUT2D eigenvalue weighted by Crippen LogP contribution is 2.33. The van der Waals surface area contributed by atoms with Crippen molar-refractivity contribution in [1.29, 1.82) is 0 Å². The van der Waals surface area contributed by atoms with E-state index in [2.05, 4.69) is 10.3 Å². The zero-order valence-electron chi connectivity index (χ0n) is 15.7.